The normalized spacial score (nSPS) is 21.5. The molecular weight excluding hydrogens is 319 g/mol. The van der Waals surface area contributed by atoms with Gasteiger partial charge in [0.2, 0.25) is 5.91 Å². The van der Waals surface area contributed by atoms with Crippen LogP contribution in [0.25, 0.3) is 0 Å². The van der Waals surface area contributed by atoms with E-state index >= 15 is 0 Å². The number of carbonyl (C=O) groups is 1. The van der Waals surface area contributed by atoms with Crippen molar-refractivity contribution in [1.82, 2.24) is 5.32 Å². The summed E-state index contributed by atoms with van der Waals surface area (Å²) in [4.78, 5) is 11.8. The first-order chi connectivity index (χ1) is 11.4. The average molecular weight is 343 g/mol. The molecule has 0 heterocycles. The van der Waals surface area contributed by atoms with E-state index in [1.165, 1.54) is 31.4 Å². The van der Waals surface area contributed by atoms with Crippen LogP contribution < -0.4 is 5.32 Å². The van der Waals surface area contributed by atoms with E-state index in [0.29, 0.717) is 24.6 Å². The molecule has 3 nitrogen and oxygen atoms in total. The van der Waals surface area contributed by atoms with Gasteiger partial charge in [-0.25, -0.2) is 0 Å². The van der Waals surface area contributed by atoms with Crippen LogP contribution in [-0.2, 0) is 22.1 Å². The SMILES string of the molecule is C[C@H]1CCCC[C@H]1OCCNC(=O)Cc1cccc(C(F)(F)F)c1. The van der Waals surface area contributed by atoms with Gasteiger partial charge in [-0.05, 0) is 30.4 Å². The highest BCUT2D eigenvalue weighted by Gasteiger charge is 2.30. The molecule has 1 saturated carbocycles. The summed E-state index contributed by atoms with van der Waals surface area (Å²) >= 11 is 0. The van der Waals surface area contributed by atoms with Gasteiger partial charge in [0, 0.05) is 6.54 Å². The van der Waals surface area contributed by atoms with E-state index in [0.717, 1.165) is 18.6 Å². The minimum absolute atomic E-state index is 0.0657. The van der Waals surface area contributed by atoms with Gasteiger partial charge in [-0.2, -0.15) is 13.2 Å². The molecular formula is C18H24F3NO2. The zero-order valence-electron chi connectivity index (χ0n) is 13.9. The predicted molar refractivity (Wildman–Crippen MR) is 85.5 cm³/mol. The minimum atomic E-state index is -4.39. The summed E-state index contributed by atoms with van der Waals surface area (Å²) in [6.07, 6.45) is 0.442. The van der Waals surface area contributed by atoms with Crippen LogP contribution in [0.3, 0.4) is 0 Å². The molecule has 0 radical (unpaired) electrons. The quantitative estimate of drug-likeness (QED) is 0.794. The largest absolute Gasteiger partial charge is 0.416 e. The summed E-state index contributed by atoms with van der Waals surface area (Å²) in [6, 6.07) is 4.86. The van der Waals surface area contributed by atoms with Crippen molar-refractivity contribution in [2.75, 3.05) is 13.2 Å². The lowest BCUT2D eigenvalue weighted by atomic mass is 9.88. The first-order valence-corrected chi connectivity index (χ1v) is 8.40. The Kier molecular flexibility index (Phi) is 6.66. The van der Waals surface area contributed by atoms with Gasteiger partial charge in [0.1, 0.15) is 0 Å². The molecule has 1 aromatic rings. The van der Waals surface area contributed by atoms with E-state index in [9.17, 15) is 18.0 Å². The second kappa shape index (κ2) is 8.51. The number of alkyl halides is 3. The van der Waals surface area contributed by atoms with Crippen LogP contribution in [0.2, 0.25) is 0 Å². The van der Waals surface area contributed by atoms with Crippen molar-refractivity contribution in [3.05, 3.63) is 35.4 Å². The molecule has 0 spiro atoms. The van der Waals surface area contributed by atoms with E-state index in [-0.39, 0.29) is 18.4 Å². The first-order valence-electron chi connectivity index (χ1n) is 8.40. The molecule has 1 aromatic carbocycles. The van der Waals surface area contributed by atoms with Crippen LogP contribution in [-0.4, -0.2) is 25.2 Å². The molecule has 1 fully saturated rings. The predicted octanol–water partition coefficient (Wildman–Crippen LogP) is 3.96. The van der Waals surface area contributed by atoms with Crippen molar-refractivity contribution >= 4 is 5.91 Å². The highest BCUT2D eigenvalue weighted by molar-refractivity contribution is 5.78. The second-order valence-electron chi connectivity index (χ2n) is 6.40. The van der Waals surface area contributed by atoms with Crippen molar-refractivity contribution in [1.29, 1.82) is 0 Å². The molecule has 6 heteroatoms. The fraction of sp³-hybridized carbons (Fsp3) is 0.611. The second-order valence-corrected chi connectivity index (χ2v) is 6.40. The Morgan fingerprint density at radius 1 is 1.29 bits per heavy atom. The van der Waals surface area contributed by atoms with E-state index in [1.807, 2.05) is 0 Å². The molecule has 1 aliphatic rings. The van der Waals surface area contributed by atoms with E-state index in [4.69, 9.17) is 4.74 Å². The van der Waals surface area contributed by atoms with Gasteiger partial charge >= 0.3 is 6.18 Å². The molecule has 2 rings (SSSR count). The molecule has 1 N–H and O–H groups in total. The maximum Gasteiger partial charge on any atom is 0.416 e. The average Bonchev–Trinajstić information content (AvgIpc) is 2.52. The Bertz CT molecular complexity index is 545. The van der Waals surface area contributed by atoms with Crippen LogP contribution in [0, 0.1) is 5.92 Å². The van der Waals surface area contributed by atoms with E-state index in [1.54, 1.807) is 0 Å². The number of amides is 1. The van der Waals surface area contributed by atoms with Gasteiger partial charge in [0.25, 0.3) is 0 Å². The van der Waals surface area contributed by atoms with Gasteiger partial charge in [0.15, 0.2) is 0 Å². The topological polar surface area (TPSA) is 38.3 Å². The maximum absolute atomic E-state index is 12.6. The smallest absolute Gasteiger partial charge is 0.376 e. The lowest BCUT2D eigenvalue weighted by Gasteiger charge is -2.28. The summed E-state index contributed by atoms with van der Waals surface area (Å²) in [5, 5.41) is 2.70. The summed E-state index contributed by atoms with van der Waals surface area (Å²) in [7, 11) is 0. The number of ether oxygens (including phenoxy) is 1. The van der Waals surface area contributed by atoms with Gasteiger partial charge < -0.3 is 10.1 Å². The molecule has 2 atom stereocenters. The fourth-order valence-electron chi connectivity index (χ4n) is 3.04. The van der Waals surface area contributed by atoms with Crippen molar-refractivity contribution in [3.8, 4) is 0 Å². The van der Waals surface area contributed by atoms with Crippen molar-refractivity contribution in [2.45, 2.75) is 51.3 Å². The number of rotatable bonds is 6. The Balaban J connectivity index is 1.71. The Hall–Kier alpha value is -1.56. The van der Waals surface area contributed by atoms with Crippen LogP contribution >= 0.6 is 0 Å². The van der Waals surface area contributed by atoms with Gasteiger partial charge in [-0.1, -0.05) is 38.0 Å². The standard InChI is InChI=1S/C18H24F3NO2/c1-13-5-2-3-8-16(13)24-10-9-22-17(23)12-14-6-4-7-15(11-14)18(19,20)21/h4,6-7,11,13,16H,2-3,5,8-10,12H2,1H3,(H,22,23)/t13-,16+/m0/s1. The number of hydrogen-bond acceptors (Lipinski definition) is 2. The molecule has 1 amide bonds. The zero-order chi connectivity index (χ0) is 17.6. The lowest BCUT2D eigenvalue weighted by molar-refractivity contribution is -0.137. The highest BCUT2D eigenvalue weighted by atomic mass is 19.4. The van der Waals surface area contributed by atoms with Crippen LogP contribution in [0.15, 0.2) is 24.3 Å². The van der Waals surface area contributed by atoms with Gasteiger partial charge in [-0.3, -0.25) is 4.79 Å². The number of benzene rings is 1. The van der Waals surface area contributed by atoms with Crippen LogP contribution in [0.5, 0.6) is 0 Å². The first kappa shape index (κ1) is 18.8. The molecule has 0 aromatic heterocycles. The molecule has 24 heavy (non-hydrogen) atoms. The third kappa shape index (κ3) is 5.82. The molecule has 0 bridgehead atoms. The lowest BCUT2D eigenvalue weighted by Crippen LogP contribution is -2.32. The Labute approximate surface area is 140 Å². The van der Waals surface area contributed by atoms with E-state index < -0.39 is 11.7 Å². The monoisotopic (exact) mass is 343 g/mol. The van der Waals surface area contributed by atoms with E-state index in [2.05, 4.69) is 12.2 Å². The van der Waals surface area contributed by atoms with Gasteiger partial charge in [0.05, 0.1) is 24.7 Å². The molecule has 0 saturated heterocycles. The van der Waals surface area contributed by atoms with Gasteiger partial charge in [-0.15, -0.1) is 0 Å². The molecule has 1 aliphatic carbocycles. The van der Waals surface area contributed by atoms with Crippen molar-refractivity contribution in [3.63, 3.8) is 0 Å². The summed E-state index contributed by atoms with van der Waals surface area (Å²) in [5.41, 5.74) is -0.383. The highest BCUT2D eigenvalue weighted by Crippen LogP contribution is 2.29. The van der Waals surface area contributed by atoms with Crippen LogP contribution in [0.1, 0.15) is 43.7 Å². The maximum atomic E-state index is 12.6. The number of hydrogen-bond donors (Lipinski definition) is 1. The van der Waals surface area contributed by atoms with Crippen molar-refractivity contribution in [2.24, 2.45) is 5.92 Å². The molecule has 134 valence electrons. The third-order valence-corrected chi connectivity index (χ3v) is 4.41. The fourth-order valence-corrected chi connectivity index (χ4v) is 3.04. The zero-order valence-corrected chi connectivity index (χ0v) is 13.9. The Morgan fingerprint density at radius 3 is 2.75 bits per heavy atom. The number of nitrogens with one attached hydrogen (secondary N) is 1. The molecule has 0 aliphatic heterocycles. The Morgan fingerprint density at radius 2 is 2.04 bits per heavy atom. The molecule has 0 unspecified atom stereocenters. The third-order valence-electron chi connectivity index (χ3n) is 4.41. The summed E-state index contributed by atoms with van der Waals surface area (Å²) in [6.45, 7) is 2.99. The minimum Gasteiger partial charge on any atom is -0.376 e. The number of carbonyl (C=O) groups excluding carboxylic acids is 1. The summed E-state index contributed by atoms with van der Waals surface area (Å²) in [5.74, 6) is 0.245. The number of halogens is 3. The van der Waals surface area contributed by atoms with Crippen LogP contribution in [0.4, 0.5) is 13.2 Å². The summed E-state index contributed by atoms with van der Waals surface area (Å²) < 4.78 is 43.7. The van der Waals surface area contributed by atoms with Crippen molar-refractivity contribution < 1.29 is 22.7 Å².